The molecule has 1 aromatic heterocycles. The number of benzene rings is 1. The third-order valence-electron chi connectivity index (χ3n) is 5.70. The van der Waals surface area contributed by atoms with Gasteiger partial charge in [-0.1, -0.05) is 88.2 Å². The first-order valence-corrected chi connectivity index (χ1v) is 12.0. The number of aromatic nitrogens is 1. The number of rotatable bonds is 11. The van der Waals surface area contributed by atoms with Crippen molar-refractivity contribution in [2.24, 2.45) is 0 Å². The maximum Gasteiger partial charge on any atom is 0.258 e. The van der Waals surface area contributed by atoms with E-state index < -0.39 is 0 Å². The van der Waals surface area contributed by atoms with Gasteiger partial charge in [0.2, 0.25) is 0 Å². The van der Waals surface area contributed by atoms with E-state index in [0.717, 1.165) is 47.5 Å². The largest absolute Gasteiger partial charge is 0.347 e. The summed E-state index contributed by atoms with van der Waals surface area (Å²) in [5, 5.41) is 3.16. The molecule has 0 saturated heterocycles. The van der Waals surface area contributed by atoms with Crippen LogP contribution in [0.25, 0.3) is 11.1 Å². The Hall–Kier alpha value is -2.81. The third-order valence-corrected chi connectivity index (χ3v) is 5.70. The van der Waals surface area contributed by atoms with Gasteiger partial charge in [0.15, 0.2) is 0 Å². The minimum atomic E-state index is -0.0327. The predicted octanol–water partition coefficient (Wildman–Crippen LogP) is 7.80. The second-order valence-electron chi connectivity index (χ2n) is 8.43. The van der Waals surface area contributed by atoms with Crippen molar-refractivity contribution in [1.29, 1.82) is 0 Å². The first-order valence-electron chi connectivity index (χ1n) is 12.0. The van der Waals surface area contributed by atoms with Crippen LogP contribution >= 0.6 is 0 Å². The SMILES string of the molecule is C/C=C\Cc1c(-c2ccccc2)c(C(=O)NC(/C=C\C)=C/C)c(C(C)C)n1CCCCC. The fourth-order valence-corrected chi connectivity index (χ4v) is 4.23. The van der Waals surface area contributed by atoms with E-state index in [0.29, 0.717) is 0 Å². The summed E-state index contributed by atoms with van der Waals surface area (Å²) in [5.74, 6) is 0.199. The molecule has 0 spiro atoms. The Morgan fingerprint density at radius 2 is 1.78 bits per heavy atom. The Kier molecular flexibility index (Phi) is 10.3. The van der Waals surface area contributed by atoms with E-state index in [1.54, 1.807) is 0 Å². The molecule has 1 N–H and O–H groups in total. The molecule has 3 heteroatoms. The van der Waals surface area contributed by atoms with Gasteiger partial charge in [0, 0.05) is 35.6 Å². The van der Waals surface area contributed by atoms with Crippen molar-refractivity contribution < 1.29 is 4.79 Å². The van der Waals surface area contributed by atoms with Crippen LogP contribution in [0, 0.1) is 0 Å². The van der Waals surface area contributed by atoms with Crippen LogP contribution in [0.5, 0.6) is 0 Å². The number of unbranched alkanes of at least 4 members (excludes halogenated alkanes) is 2. The second-order valence-corrected chi connectivity index (χ2v) is 8.43. The zero-order chi connectivity index (χ0) is 23.5. The van der Waals surface area contributed by atoms with Crippen molar-refractivity contribution in [3.05, 3.63) is 83.4 Å². The molecule has 1 aromatic carbocycles. The highest BCUT2D eigenvalue weighted by Crippen LogP contribution is 2.37. The first kappa shape index (κ1) is 25.5. The van der Waals surface area contributed by atoms with Crippen LogP contribution in [0.1, 0.15) is 88.5 Å². The van der Waals surface area contributed by atoms with Crippen molar-refractivity contribution in [1.82, 2.24) is 9.88 Å². The fourth-order valence-electron chi connectivity index (χ4n) is 4.23. The summed E-state index contributed by atoms with van der Waals surface area (Å²) in [7, 11) is 0. The standard InChI is InChI=1S/C29H40N2O/c1-7-11-16-21-31-25(20-12-8-2)26(23-18-14-13-15-19-23)27(28(31)22(5)6)29(32)30-24(10-4)17-9-3/h8-10,12-15,17-19,22H,7,11,16,20-21H2,1-6H3,(H,30,32)/b12-8-,17-9-,24-10+. The van der Waals surface area contributed by atoms with Crippen molar-refractivity contribution >= 4 is 5.91 Å². The van der Waals surface area contributed by atoms with Gasteiger partial charge in [0.25, 0.3) is 5.91 Å². The predicted molar refractivity (Wildman–Crippen MR) is 138 cm³/mol. The number of allylic oxidation sites excluding steroid dienone is 5. The lowest BCUT2D eigenvalue weighted by Crippen LogP contribution is -2.24. The van der Waals surface area contributed by atoms with Crippen LogP contribution in [0.4, 0.5) is 0 Å². The fraction of sp³-hybridized carbons (Fsp3) is 0.414. The molecule has 0 aliphatic rings. The van der Waals surface area contributed by atoms with Gasteiger partial charge in [-0.05, 0) is 44.7 Å². The average Bonchev–Trinajstić information content (AvgIpc) is 3.12. The van der Waals surface area contributed by atoms with Gasteiger partial charge in [-0.2, -0.15) is 0 Å². The maximum absolute atomic E-state index is 13.8. The number of nitrogens with one attached hydrogen (secondary N) is 1. The third kappa shape index (κ3) is 6.12. The van der Waals surface area contributed by atoms with Crippen molar-refractivity contribution in [2.45, 2.75) is 79.7 Å². The zero-order valence-electron chi connectivity index (χ0n) is 20.7. The van der Waals surface area contributed by atoms with E-state index in [1.807, 2.05) is 38.1 Å². The molecule has 2 aromatic rings. The monoisotopic (exact) mass is 432 g/mol. The molecule has 0 unspecified atom stereocenters. The molecule has 3 nitrogen and oxygen atoms in total. The number of nitrogens with zero attached hydrogens (tertiary/aromatic N) is 1. The van der Waals surface area contributed by atoms with Crippen molar-refractivity contribution in [3.63, 3.8) is 0 Å². The summed E-state index contributed by atoms with van der Waals surface area (Å²) in [5.41, 5.74) is 6.16. The number of hydrogen-bond donors (Lipinski definition) is 1. The molecule has 32 heavy (non-hydrogen) atoms. The molecule has 172 valence electrons. The Bertz CT molecular complexity index is 959. The normalized spacial score (nSPS) is 12.4. The number of hydrogen-bond acceptors (Lipinski definition) is 1. The van der Waals surface area contributed by atoms with Gasteiger partial charge in [0.05, 0.1) is 5.56 Å². The lowest BCUT2D eigenvalue weighted by Gasteiger charge is -2.16. The van der Waals surface area contributed by atoms with Crippen LogP contribution in [0.2, 0.25) is 0 Å². The van der Waals surface area contributed by atoms with Gasteiger partial charge in [0.1, 0.15) is 0 Å². The molecule has 0 bridgehead atoms. The van der Waals surface area contributed by atoms with Gasteiger partial charge >= 0.3 is 0 Å². The van der Waals surface area contributed by atoms with Crippen molar-refractivity contribution in [2.75, 3.05) is 0 Å². The maximum atomic E-state index is 13.8. The van der Waals surface area contributed by atoms with Crippen LogP contribution in [0.15, 0.2) is 66.4 Å². The summed E-state index contributed by atoms with van der Waals surface area (Å²) in [6.07, 6.45) is 14.4. The van der Waals surface area contributed by atoms with Gasteiger partial charge in [-0.3, -0.25) is 4.79 Å². The molecular weight excluding hydrogens is 392 g/mol. The Morgan fingerprint density at radius 3 is 2.34 bits per heavy atom. The molecule has 0 saturated carbocycles. The zero-order valence-corrected chi connectivity index (χ0v) is 20.7. The van der Waals surface area contributed by atoms with Crippen molar-refractivity contribution in [3.8, 4) is 11.1 Å². The lowest BCUT2D eigenvalue weighted by molar-refractivity contribution is 0.0966. The minimum absolute atomic E-state index is 0.0327. The van der Waals surface area contributed by atoms with Gasteiger partial charge < -0.3 is 9.88 Å². The highest BCUT2D eigenvalue weighted by Gasteiger charge is 2.29. The number of carbonyl (C=O) groups excluding carboxylic acids is 1. The second kappa shape index (κ2) is 12.9. The number of amides is 1. The molecule has 0 radical (unpaired) electrons. The average molecular weight is 433 g/mol. The number of carbonyl (C=O) groups is 1. The summed E-state index contributed by atoms with van der Waals surface area (Å²) < 4.78 is 2.43. The quantitative estimate of drug-likeness (QED) is 0.219. The van der Waals surface area contributed by atoms with Gasteiger partial charge in [-0.15, -0.1) is 0 Å². The molecule has 1 heterocycles. The molecular formula is C29H40N2O. The Labute approximate surface area is 194 Å². The Balaban J connectivity index is 2.81. The topological polar surface area (TPSA) is 34.0 Å². The summed E-state index contributed by atoms with van der Waals surface area (Å²) in [6, 6.07) is 10.4. The van der Waals surface area contributed by atoms with E-state index in [-0.39, 0.29) is 11.8 Å². The molecule has 1 amide bonds. The highest BCUT2D eigenvalue weighted by molar-refractivity contribution is 6.04. The lowest BCUT2D eigenvalue weighted by atomic mass is 9.95. The van der Waals surface area contributed by atoms with E-state index in [9.17, 15) is 4.79 Å². The summed E-state index contributed by atoms with van der Waals surface area (Å²) in [4.78, 5) is 13.8. The molecule has 2 rings (SSSR count). The summed E-state index contributed by atoms with van der Waals surface area (Å²) in [6.45, 7) is 13.5. The summed E-state index contributed by atoms with van der Waals surface area (Å²) >= 11 is 0. The van der Waals surface area contributed by atoms with E-state index in [1.165, 1.54) is 18.5 Å². The smallest absolute Gasteiger partial charge is 0.258 e. The molecule has 0 fully saturated rings. The van der Waals surface area contributed by atoms with E-state index >= 15 is 0 Å². The molecule has 0 aliphatic carbocycles. The molecule has 0 aliphatic heterocycles. The minimum Gasteiger partial charge on any atom is -0.347 e. The van der Waals surface area contributed by atoms with Crippen LogP contribution in [-0.4, -0.2) is 10.5 Å². The Morgan fingerprint density at radius 1 is 1.06 bits per heavy atom. The van der Waals surface area contributed by atoms with Gasteiger partial charge in [-0.25, -0.2) is 0 Å². The highest BCUT2D eigenvalue weighted by atomic mass is 16.1. The van der Waals surface area contributed by atoms with Crippen LogP contribution in [0.3, 0.4) is 0 Å². The van der Waals surface area contributed by atoms with Crippen LogP contribution < -0.4 is 5.32 Å². The van der Waals surface area contributed by atoms with E-state index in [4.69, 9.17) is 0 Å². The van der Waals surface area contributed by atoms with E-state index in [2.05, 4.69) is 74.0 Å². The van der Waals surface area contributed by atoms with Crippen LogP contribution in [-0.2, 0) is 13.0 Å². The molecule has 0 atom stereocenters. The first-order chi connectivity index (χ1) is 15.5.